The highest BCUT2D eigenvalue weighted by molar-refractivity contribution is 9.10. The largest absolute Gasteiger partial charge is 0.488 e. The van der Waals surface area contributed by atoms with Gasteiger partial charge in [0.2, 0.25) is 0 Å². The van der Waals surface area contributed by atoms with Crippen LogP contribution in [0.25, 0.3) is 0 Å². The number of halogens is 1. The van der Waals surface area contributed by atoms with Gasteiger partial charge in [0.05, 0.1) is 22.2 Å². The molecule has 0 amide bonds. The maximum atomic E-state index is 10.7. The molecule has 33 heavy (non-hydrogen) atoms. The van der Waals surface area contributed by atoms with Crippen molar-refractivity contribution in [2.45, 2.75) is 20.1 Å². The highest BCUT2D eigenvalue weighted by atomic mass is 79.9. The van der Waals surface area contributed by atoms with Crippen molar-refractivity contribution in [2.75, 3.05) is 12.5 Å². The Labute approximate surface area is 199 Å². The lowest BCUT2D eigenvalue weighted by molar-refractivity contribution is -0.384. The molecule has 0 aliphatic rings. The van der Waals surface area contributed by atoms with E-state index in [1.54, 1.807) is 31.5 Å². The van der Waals surface area contributed by atoms with Gasteiger partial charge >= 0.3 is 0 Å². The lowest BCUT2D eigenvalue weighted by atomic mass is 10.1. The smallest absolute Gasteiger partial charge is 0.269 e. The average molecular weight is 510 g/mol. The third-order valence-electron chi connectivity index (χ3n) is 4.52. The van der Waals surface area contributed by atoms with E-state index in [-0.39, 0.29) is 12.3 Å². The van der Waals surface area contributed by atoms with Gasteiger partial charge in [-0.05, 0) is 70.4 Å². The van der Waals surface area contributed by atoms with Gasteiger partial charge in [0.25, 0.3) is 5.69 Å². The quantitative estimate of drug-likeness (QED) is 0.241. The minimum absolute atomic E-state index is 0.0369. The van der Waals surface area contributed by atoms with Crippen molar-refractivity contribution in [3.8, 4) is 11.8 Å². The summed E-state index contributed by atoms with van der Waals surface area (Å²) in [6.07, 6.45) is 1.60. The molecule has 1 heterocycles. The van der Waals surface area contributed by atoms with Crippen molar-refractivity contribution in [1.82, 2.24) is 4.98 Å². The molecule has 0 saturated heterocycles. The molecular formula is C23H20BrN5O4. The summed E-state index contributed by atoms with van der Waals surface area (Å²) in [5.41, 5.74) is 6.34. The van der Waals surface area contributed by atoms with Crippen molar-refractivity contribution in [2.24, 2.45) is 5.10 Å². The fourth-order valence-electron chi connectivity index (χ4n) is 2.97. The third kappa shape index (κ3) is 6.35. The molecule has 3 aromatic rings. The number of aryl methyl sites for hydroxylation is 1. The molecule has 0 unspecified atom stereocenters. The van der Waals surface area contributed by atoms with Gasteiger partial charge in [-0.15, -0.1) is 0 Å². The van der Waals surface area contributed by atoms with Crippen LogP contribution < -0.4 is 10.2 Å². The molecular weight excluding hydrogens is 490 g/mol. The number of nitrogens with one attached hydrogen (secondary N) is 1. The van der Waals surface area contributed by atoms with Crippen molar-refractivity contribution in [3.05, 3.63) is 91.1 Å². The first-order chi connectivity index (χ1) is 15.9. The maximum absolute atomic E-state index is 10.7. The van der Waals surface area contributed by atoms with Gasteiger partial charge in [0, 0.05) is 30.5 Å². The number of nitriles is 1. The summed E-state index contributed by atoms with van der Waals surface area (Å²) in [5.74, 6) is 0.984. The molecule has 0 aliphatic heterocycles. The standard InChI is InChI=1S/C23H20BrN5O4/c1-15-9-18(14-32-2)20(11-25)23(27-15)28-26-12-17-5-8-22(21(24)10-17)33-13-16-3-6-19(7-4-16)29(30)31/h3-10,12H,13-14H2,1-2H3,(H,27,28)/b26-12-. The van der Waals surface area contributed by atoms with E-state index in [4.69, 9.17) is 9.47 Å². The first-order valence-corrected chi connectivity index (χ1v) is 10.5. The zero-order chi connectivity index (χ0) is 23.8. The van der Waals surface area contributed by atoms with E-state index in [0.29, 0.717) is 23.7 Å². The molecule has 0 fully saturated rings. The summed E-state index contributed by atoms with van der Waals surface area (Å²) in [6, 6.07) is 15.6. The Morgan fingerprint density at radius 3 is 2.64 bits per heavy atom. The predicted molar refractivity (Wildman–Crippen MR) is 127 cm³/mol. The van der Waals surface area contributed by atoms with Crippen molar-refractivity contribution in [3.63, 3.8) is 0 Å². The molecule has 2 aromatic carbocycles. The van der Waals surface area contributed by atoms with Crippen LogP contribution in [-0.2, 0) is 18.0 Å². The second kappa shape index (κ2) is 11.2. The van der Waals surface area contributed by atoms with E-state index < -0.39 is 4.92 Å². The fourth-order valence-corrected chi connectivity index (χ4v) is 3.48. The van der Waals surface area contributed by atoms with Crippen LogP contribution in [0, 0.1) is 28.4 Å². The van der Waals surface area contributed by atoms with Crippen LogP contribution in [0.2, 0.25) is 0 Å². The molecule has 1 N–H and O–H groups in total. The van der Waals surface area contributed by atoms with Gasteiger partial charge in [0.1, 0.15) is 24.0 Å². The van der Waals surface area contributed by atoms with Crippen LogP contribution in [-0.4, -0.2) is 23.2 Å². The number of ether oxygens (including phenoxy) is 2. The number of rotatable bonds is 9. The predicted octanol–water partition coefficient (Wildman–Crippen LogP) is 5.10. The first kappa shape index (κ1) is 23.8. The number of nitrogens with zero attached hydrogens (tertiary/aromatic N) is 4. The lowest BCUT2D eigenvalue weighted by Crippen LogP contribution is -2.03. The normalized spacial score (nSPS) is 10.7. The molecule has 0 radical (unpaired) electrons. The Hall–Kier alpha value is -3.81. The number of hydrogen-bond donors (Lipinski definition) is 1. The Bertz CT molecular complexity index is 1220. The summed E-state index contributed by atoms with van der Waals surface area (Å²) < 4.78 is 11.7. The van der Waals surface area contributed by atoms with Crippen LogP contribution in [0.1, 0.15) is 27.9 Å². The molecule has 0 atom stereocenters. The van der Waals surface area contributed by atoms with Crippen LogP contribution in [0.5, 0.6) is 5.75 Å². The maximum Gasteiger partial charge on any atom is 0.269 e. The van der Waals surface area contributed by atoms with Crippen molar-refractivity contribution in [1.29, 1.82) is 5.26 Å². The number of pyridine rings is 1. The molecule has 9 nitrogen and oxygen atoms in total. The van der Waals surface area contributed by atoms with E-state index in [9.17, 15) is 15.4 Å². The molecule has 10 heteroatoms. The van der Waals surface area contributed by atoms with Gasteiger partial charge in [-0.25, -0.2) is 4.98 Å². The lowest BCUT2D eigenvalue weighted by Gasteiger charge is -2.10. The SMILES string of the molecule is COCc1cc(C)nc(N/N=C\c2ccc(OCc3ccc([N+](=O)[O-])cc3)c(Br)c2)c1C#N. The van der Waals surface area contributed by atoms with Crippen LogP contribution in [0.15, 0.2) is 58.1 Å². The molecule has 0 aliphatic carbocycles. The summed E-state index contributed by atoms with van der Waals surface area (Å²) >= 11 is 3.48. The number of anilines is 1. The van der Waals surface area contributed by atoms with E-state index in [1.807, 2.05) is 25.1 Å². The Morgan fingerprint density at radius 2 is 2.00 bits per heavy atom. The molecule has 3 rings (SSSR count). The second-order valence-corrected chi connectivity index (χ2v) is 7.82. The number of nitro benzene ring substituents is 1. The monoisotopic (exact) mass is 509 g/mol. The Kier molecular flexibility index (Phi) is 8.07. The van der Waals surface area contributed by atoms with Gasteiger partial charge in [-0.3, -0.25) is 15.5 Å². The fraction of sp³-hybridized carbons (Fsp3) is 0.174. The molecule has 0 bridgehead atoms. The summed E-state index contributed by atoms with van der Waals surface area (Å²) in [6.45, 7) is 2.41. The summed E-state index contributed by atoms with van der Waals surface area (Å²) in [4.78, 5) is 14.7. The molecule has 0 spiro atoms. The minimum Gasteiger partial charge on any atom is -0.488 e. The average Bonchev–Trinajstić information content (AvgIpc) is 2.79. The minimum atomic E-state index is -0.439. The van der Waals surface area contributed by atoms with Crippen molar-refractivity contribution < 1.29 is 14.4 Å². The first-order valence-electron chi connectivity index (χ1n) is 9.75. The topological polar surface area (TPSA) is 123 Å². The second-order valence-electron chi connectivity index (χ2n) is 6.96. The zero-order valence-corrected chi connectivity index (χ0v) is 19.5. The number of aromatic nitrogens is 1. The van der Waals surface area contributed by atoms with Crippen molar-refractivity contribution >= 4 is 33.6 Å². The Morgan fingerprint density at radius 1 is 1.24 bits per heavy atom. The zero-order valence-electron chi connectivity index (χ0n) is 17.9. The van der Waals surface area contributed by atoms with Crippen LogP contribution in [0.3, 0.4) is 0 Å². The van der Waals surface area contributed by atoms with E-state index in [0.717, 1.165) is 26.9 Å². The van der Waals surface area contributed by atoms with Crippen LogP contribution in [0.4, 0.5) is 11.5 Å². The number of nitro groups is 1. The summed E-state index contributed by atoms with van der Waals surface area (Å²) in [5, 5.41) is 24.4. The van der Waals surface area contributed by atoms with E-state index >= 15 is 0 Å². The third-order valence-corrected chi connectivity index (χ3v) is 5.14. The molecule has 1 aromatic heterocycles. The number of methoxy groups -OCH3 is 1. The highest BCUT2D eigenvalue weighted by Gasteiger charge is 2.11. The van der Waals surface area contributed by atoms with Gasteiger partial charge in [0.15, 0.2) is 5.82 Å². The number of hydrazone groups is 1. The van der Waals surface area contributed by atoms with Gasteiger partial charge in [-0.2, -0.15) is 10.4 Å². The number of benzene rings is 2. The van der Waals surface area contributed by atoms with Gasteiger partial charge in [-0.1, -0.05) is 0 Å². The summed E-state index contributed by atoms with van der Waals surface area (Å²) in [7, 11) is 1.57. The van der Waals surface area contributed by atoms with E-state index in [1.165, 1.54) is 12.1 Å². The Balaban J connectivity index is 1.66. The van der Waals surface area contributed by atoms with E-state index in [2.05, 4.69) is 37.5 Å². The number of non-ortho nitro benzene ring substituents is 1. The molecule has 0 saturated carbocycles. The number of hydrogen-bond acceptors (Lipinski definition) is 8. The van der Waals surface area contributed by atoms with Gasteiger partial charge < -0.3 is 9.47 Å². The van der Waals surface area contributed by atoms with Crippen LogP contribution >= 0.6 is 15.9 Å². The highest BCUT2D eigenvalue weighted by Crippen LogP contribution is 2.27. The molecule has 168 valence electrons.